The average Bonchev–Trinajstić information content (AvgIpc) is 2.79. The minimum absolute atomic E-state index is 0.144. The third-order valence-electron chi connectivity index (χ3n) is 2.90. The summed E-state index contributed by atoms with van der Waals surface area (Å²) in [7, 11) is 0. The van der Waals surface area contributed by atoms with Gasteiger partial charge in [-0.15, -0.1) is 0 Å². The second kappa shape index (κ2) is 5.97. The number of thioether (sulfide) groups is 1. The van der Waals surface area contributed by atoms with Crippen molar-refractivity contribution in [1.29, 1.82) is 0 Å². The lowest BCUT2D eigenvalue weighted by Crippen LogP contribution is -2.47. The SMILES string of the molecule is CCOC(=O)C1(Nc2cccc(Br)c2)CCSC1. The Morgan fingerprint density at radius 3 is 3.06 bits per heavy atom. The highest BCUT2D eigenvalue weighted by Gasteiger charge is 2.43. The van der Waals surface area contributed by atoms with Crippen LogP contribution in [0.5, 0.6) is 0 Å². The summed E-state index contributed by atoms with van der Waals surface area (Å²) in [4.78, 5) is 12.1. The van der Waals surface area contributed by atoms with Crippen LogP contribution in [-0.2, 0) is 9.53 Å². The van der Waals surface area contributed by atoms with Gasteiger partial charge in [0.05, 0.1) is 6.61 Å². The highest BCUT2D eigenvalue weighted by Crippen LogP contribution is 2.33. The van der Waals surface area contributed by atoms with Crippen molar-refractivity contribution in [3.8, 4) is 0 Å². The van der Waals surface area contributed by atoms with Crippen molar-refractivity contribution < 1.29 is 9.53 Å². The van der Waals surface area contributed by atoms with Crippen LogP contribution in [0.1, 0.15) is 13.3 Å². The Kier molecular flexibility index (Phi) is 4.56. The molecule has 5 heteroatoms. The fourth-order valence-corrected chi connectivity index (χ4v) is 3.71. The second-order valence-corrected chi connectivity index (χ2v) is 6.26. The van der Waals surface area contributed by atoms with Crippen molar-refractivity contribution in [2.45, 2.75) is 18.9 Å². The van der Waals surface area contributed by atoms with Crippen molar-refractivity contribution in [1.82, 2.24) is 0 Å². The van der Waals surface area contributed by atoms with E-state index in [1.807, 2.05) is 31.2 Å². The van der Waals surface area contributed by atoms with Gasteiger partial charge in [0.15, 0.2) is 0 Å². The number of ether oxygens (including phenoxy) is 1. The molecule has 1 saturated heterocycles. The number of anilines is 1. The molecule has 1 aromatic rings. The molecular weight excluding hydrogens is 314 g/mol. The standard InChI is InChI=1S/C13H16BrNO2S/c1-2-17-12(16)13(6-7-18-9-13)15-11-5-3-4-10(14)8-11/h3-5,8,15H,2,6-7,9H2,1H3. The number of nitrogens with one attached hydrogen (secondary N) is 1. The number of carbonyl (C=O) groups excluding carboxylic acids is 1. The van der Waals surface area contributed by atoms with E-state index in [1.165, 1.54) is 0 Å². The van der Waals surface area contributed by atoms with Crippen LogP contribution >= 0.6 is 27.7 Å². The van der Waals surface area contributed by atoms with Crippen LogP contribution in [-0.4, -0.2) is 29.6 Å². The molecule has 1 N–H and O–H groups in total. The van der Waals surface area contributed by atoms with E-state index in [0.717, 1.165) is 28.1 Å². The van der Waals surface area contributed by atoms with Crippen LogP contribution in [0.2, 0.25) is 0 Å². The first-order chi connectivity index (χ1) is 8.66. The Bertz CT molecular complexity index is 433. The van der Waals surface area contributed by atoms with Gasteiger partial charge < -0.3 is 10.1 Å². The molecule has 0 aromatic heterocycles. The largest absolute Gasteiger partial charge is 0.464 e. The molecule has 1 heterocycles. The number of halogens is 1. The van der Waals surface area contributed by atoms with Gasteiger partial charge in [-0.25, -0.2) is 4.79 Å². The van der Waals surface area contributed by atoms with E-state index in [9.17, 15) is 4.79 Å². The van der Waals surface area contributed by atoms with Gasteiger partial charge in [0.1, 0.15) is 5.54 Å². The summed E-state index contributed by atoms with van der Waals surface area (Å²) in [5.74, 6) is 1.60. The normalized spacial score (nSPS) is 22.8. The van der Waals surface area contributed by atoms with Gasteiger partial charge in [-0.3, -0.25) is 0 Å². The number of hydrogen-bond donors (Lipinski definition) is 1. The van der Waals surface area contributed by atoms with Gasteiger partial charge in [-0.1, -0.05) is 22.0 Å². The zero-order chi connectivity index (χ0) is 13.0. The van der Waals surface area contributed by atoms with Gasteiger partial charge in [-0.2, -0.15) is 11.8 Å². The third-order valence-corrected chi connectivity index (χ3v) is 4.58. The van der Waals surface area contributed by atoms with E-state index in [0.29, 0.717) is 6.61 Å². The van der Waals surface area contributed by atoms with Crippen LogP contribution in [0.4, 0.5) is 5.69 Å². The van der Waals surface area contributed by atoms with Crippen LogP contribution < -0.4 is 5.32 Å². The molecule has 0 amide bonds. The van der Waals surface area contributed by atoms with Gasteiger partial charge in [0.2, 0.25) is 0 Å². The maximum atomic E-state index is 12.1. The molecule has 0 aliphatic carbocycles. The predicted molar refractivity (Wildman–Crippen MR) is 79.1 cm³/mol. The van der Waals surface area contributed by atoms with E-state index in [1.54, 1.807) is 11.8 Å². The smallest absolute Gasteiger partial charge is 0.332 e. The van der Waals surface area contributed by atoms with Crippen LogP contribution in [0.3, 0.4) is 0 Å². The Labute approximate surface area is 120 Å². The second-order valence-electron chi connectivity index (χ2n) is 4.24. The minimum Gasteiger partial charge on any atom is -0.464 e. The van der Waals surface area contributed by atoms with Crippen molar-refractivity contribution in [2.24, 2.45) is 0 Å². The van der Waals surface area contributed by atoms with E-state index in [2.05, 4.69) is 21.2 Å². The van der Waals surface area contributed by atoms with Crippen molar-refractivity contribution in [3.63, 3.8) is 0 Å². The third kappa shape index (κ3) is 3.01. The van der Waals surface area contributed by atoms with E-state index >= 15 is 0 Å². The number of benzene rings is 1. The Morgan fingerprint density at radius 1 is 1.61 bits per heavy atom. The first-order valence-corrected chi connectivity index (χ1v) is 7.90. The lowest BCUT2D eigenvalue weighted by atomic mass is 9.98. The summed E-state index contributed by atoms with van der Waals surface area (Å²) in [5.41, 5.74) is 0.376. The van der Waals surface area contributed by atoms with Gasteiger partial charge in [-0.05, 0) is 37.3 Å². The molecule has 0 radical (unpaired) electrons. The fraction of sp³-hybridized carbons (Fsp3) is 0.462. The van der Waals surface area contributed by atoms with Crippen LogP contribution in [0, 0.1) is 0 Å². The van der Waals surface area contributed by atoms with Crippen molar-refractivity contribution in [3.05, 3.63) is 28.7 Å². The highest BCUT2D eigenvalue weighted by atomic mass is 79.9. The van der Waals surface area contributed by atoms with Crippen LogP contribution in [0.25, 0.3) is 0 Å². The molecule has 1 aromatic carbocycles. The summed E-state index contributed by atoms with van der Waals surface area (Å²) in [6, 6.07) is 7.86. The summed E-state index contributed by atoms with van der Waals surface area (Å²) in [6.45, 7) is 2.26. The Hall–Kier alpha value is -0.680. The Balaban J connectivity index is 2.18. The molecule has 3 nitrogen and oxygen atoms in total. The minimum atomic E-state index is -0.568. The number of hydrogen-bond acceptors (Lipinski definition) is 4. The number of rotatable bonds is 4. The van der Waals surface area contributed by atoms with Gasteiger partial charge >= 0.3 is 5.97 Å². The maximum absolute atomic E-state index is 12.1. The van der Waals surface area contributed by atoms with Crippen molar-refractivity contribution >= 4 is 39.3 Å². The summed E-state index contributed by atoms with van der Waals surface area (Å²) >= 11 is 5.22. The van der Waals surface area contributed by atoms with E-state index < -0.39 is 5.54 Å². The summed E-state index contributed by atoms with van der Waals surface area (Å²) in [5, 5.41) is 3.35. The van der Waals surface area contributed by atoms with Gasteiger partial charge in [0, 0.05) is 15.9 Å². The summed E-state index contributed by atoms with van der Waals surface area (Å²) < 4.78 is 6.20. The first-order valence-electron chi connectivity index (χ1n) is 5.95. The zero-order valence-electron chi connectivity index (χ0n) is 10.2. The lowest BCUT2D eigenvalue weighted by Gasteiger charge is -2.28. The molecule has 1 aliphatic rings. The number of carbonyl (C=O) groups is 1. The highest BCUT2D eigenvalue weighted by molar-refractivity contribution is 9.10. The summed E-state index contributed by atoms with van der Waals surface area (Å²) in [6.07, 6.45) is 0.809. The molecule has 0 saturated carbocycles. The molecule has 0 bridgehead atoms. The zero-order valence-corrected chi connectivity index (χ0v) is 12.6. The molecule has 18 heavy (non-hydrogen) atoms. The quantitative estimate of drug-likeness (QED) is 0.860. The molecule has 0 spiro atoms. The molecular formula is C13H16BrNO2S. The van der Waals surface area contributed by atoms with Crippen molar-refractivity contribution in [2.75, 3.05) is 23.4 Å². The molecule has 98 valence electrons. The number of esters is 1. The Morgan fingerprint density at radius 2 is 2.44 bits per heavy atom. The fourth-order valence-electron chi connectivity index (χ4n) is 1.99. The van der Waals surface area contributed by atoms with Gasteiger partial charge in [0.25, 0.3) is 0 Å². The molecule has 1 atom stereocenters. The molecule has 1 fully saturated rings. The average molecular weight is 330 g/mol. The maximum Gasteiger partial charge on any atom is 0.332 e. The first kappa shape index (κ1) is 13.7. The van der Waals surface area contributed by atoms with Crippen LogP contribution in [0.15, 0.2) is 28.7 Å². The molecule has 2 rings (SSSR count). The topological polar surface area (TPSA) is 38.3 Å². The van der Waals surface area contributed by atoms with E-state index in [-0.39, 0.29) is 5.97 Å². The predicted octanol–water partition coefficient (Wildman–Crippen LogP) is 3.30. The molecule has 1 aliphatic heterocycles. The monoisotopic (exact) mass is 329 g/mol. The lowest BCUT2D eigenvalue weighted by molar-refractivity contribution is -0.147. The molecule has 1 unspecified atom stereocenters. The van der Waals surface area contributed by atoms with E-state index in [4.69, 9.17) is 4.74 Å².